The molecule has 0 radical (unpaired) electrons. The minimum atomic E-state index is -0.0679. The second kappa shape index (κ2) is 9.39. The van der Waals surface area contributed by atoms with E-state index in [4.69, 9.17) is 4.74 Å². The summed E-state index contributed by atoms with van der Waals surface area (Å²) in [6.45, 7) is 2.01. The maximum Gasteiger partial charge on any atom is 0.253 e. The first kappa shape index (κ1) is 22.7. The third-order valence-electron chi connectivity index (χ3n) is 6.68. The first-order valence-corrected chi connectivity index (χ1v) is 12.2. The Morgan fingerprint density at radius 1 is 0.919 bits per heavy atom. The van der Waals surface area contributed by atoms with E-state index in [0.717, 1.165) is 52.3 Å². The Kier molecular flexibility index (Phi) is 5.76. The summed E-state index contributed by atoms with van der Waals surface area (Å²) in [6, 6.07) is 22.1. The van der Waals surface area contributed by atoms with Crippen LogP contribution in [0.5, 0.6) is 5.75 Å². The Bertz CT molecular complexity index is 1550. The zero-order valence-corrected chi connectivity index (χ0v) is 20.7. The Labute approximate surface area is 214 Å². The molecule has 3 aromatic carbocycles. The first-order chi connectivity index (χ1) is 18.1. The molecule has 3 heterocycles. The second-order valence-corrected chi connectivity index (χ2v) is 9.10. The number of aryl methyl sites for hydroxylation is 3. The number of rotatable bonds is 5. The van der Waals surface area contributed by atoms with Crippen molar-refractivity contribution in [3.63, 3.8) is 0 Å². The summed E-state index contributed by atoms with van der Waals surface area (Å²) in [5, 5.41) is 8.61. The fourth-order valence-corrected chi connectivity index (χ4v) is 4.87. The van der Waals surface area contributed by atoms with Crippen LogP contribution in [0, 0.1) is 6.92 Å². The Morgan fingerprint density at radius 3 is 2.27 bits per heavy atom. The zero-order chi connectivity index (χ0) is 25.4. The van der Waals surface area contributed by atoms with Crippen molar-refractivity contribution in [2.45, 2.75) is 26.3 Å². The van der Waals surface area contributed by atoms with Crippen LogP contribution in [0.15, 0.2) is 85.5 Å². The minimum Gasteiger partial charge on any atom is -0.495 e. The van der Waals surface area contributed by atoms with E-state index in [2.05, 4.69) is 27.4 Å². The van der Waals surface area contributed by atoms with Crippen LogP contribution in [-0.2, 0) is 24.2 Å². The highest BCUT2D eigenvalue weighted by Gasteiger charge is 2.26. The lowest BCUT2D eigenvalue weighted by atomic mass is 10.0. The molecular weight excluding hydrogens is 464 g/mol. The number of carbonyl (C=O) groups excluding carboxylic acids is 1. The van der Waals surface area contributed by atoms with E-state index >= 15 is 0 Å². The Hall–Kier alpha value is -4.72. The predicted molar refractivity (Wildman–Crippen MR) is 141 cm³/mol. The molecule has 1 amide bonds. The molecular formula is C29H26N6O2. The summed E-state index contributed by atoms with van der Waals surface area (Å²) in [5.41, 5.74) is 7.48. The molecule has 8 nitrogen and oxygen atoms in total. The summed E-state index contributed by atoms with van der Waals surface area (Å²) in [7, 11) is 1.64. The standard InChI is InChI=1S/C29H26N6O2/c1-20-16-33(19-30-20)27-14-13-23(15-28(27)37-2)24-17-34(32-31-24)18-29(36)35-25-9-5-3-7-21(25)11-12-22-8-4-6-10-26(22)35/h3-10,13-17,19H,11-12,18H2,1-2H3. The molecule has 2 aromatic heterocycles. The maximum atomic E-state index is 13.7. The largest absolute Gasteiger partial charge is 0.495 e. The summed E-state index contributed by atoms with van der Waals surface area (Å²) in [4.78, 5) is 19.8. The van der Waals surface area contributed by atoms with Gasteiger partial charge in [-0.2, -0.15) is 0 Å². The number of nitrogens with zero attached hydrogens (tertiary/aromatic N) is 6. The lowest BCUT2D eigenvalue weighted by Crippen LogP contribution is -2.30. The maximum absolute atomic E-state index is 13.7. The predicted octanol–water partition coefficient (Wildman–Crippen LogP) is 4.91. The molecule has 6 rings (SSSR count). The van der Waals surface area contributed by atoms with Gasteiger partial charge < -0.3 is 9.30 Å². The molecule has 0 spiro atoms. The number of fused-ring (bicyclic) bond motifs is 2. The average Bonchev–Trinajstić information content (AvgIpc) is 3.53. The van der Waals surface area contributed by atoms with Crippen LogP contribution in [0.4, 0.5) is 11.4 Å². The quantitative estimate of drug-likeness (QED) is 0.350. The van der Waals surface area contributed by atoms with Gasteiger partial charge in [0.05, 0.1) is 42.4 Å². The molecule has 0 atom stereocenters. The number of hydrogen-bond donors (Lipinski definition) is 0. The molecule has 0 N–H and O–H groups in total. The highest BCUT2D eigenvalue weighted by Crippen LogP contribution is 2.36. The number of aromatic nitrogens is 5. The van der Waals surface area contributed by atoms with E-state index in [1.165, 1.54) is 0 Å². The highest BCUT2D eigenvalue weighted by molar-refractivity contribution is 6.02. The van der Waals surface area contributed by atoms with Gasteiger partial charge in [-0.1, -0.05) is 47.7 Å². The summed E-state index contributed by atoms with van der Waals surface area (Å²) < 4.78 is 9.15. The van der Waals surface area contributed by atoms with Crippen molar-refractivity contribution in [1.29, 1.82) is 0 Å². The minimum absolute atomic E-state index is 0.0679. The zero-order valence-electron chi connectivity index (χ0n) is 20.7. The van der Waals surface area contributed by atoms with Gasteiger partial charge >= 0.3 is 0 Å². The molecule has 5 aromatic rings. The topological polar surface area (TPSA) is 78.1 Å². The molecule has 0 fully saturated rings. The molecule has 8 heteroatoms. The van der Waals surface area contributed by atoms with Gasteiger partial charge in [-0.15, -0.1) is 5.10 Å². The Balaban J connectivity index is 1.29. The van der Waals surface area contributed by atoms with E-state index in [0.29, 0.717) is 11.4 Å². The van der Waals surface area contributed by atoms with Crippen LogP contribution >= 0.6 is 0 Å². The third-order valence-corrected chi connectivity index (χ3v) is 6.68. The number of anilines is 2. The number of para-hydroxylation sites is 2. The van der Waals surface area contributed by atoms with Crippen molar-refractivity contribution >= 4 is 17.3 Å². The lowest BCUT2D eigenvalue weighted by Gasteiger charge is -2.24. The van der Waals surface area contributed by atoms with Crippen LogP contribution in [0.3, 0.4) is 0 Å². The van der Waals surface area contributed by atoms with Crippen LogP contribution in [0.25, 0.3) is 16.9 Å². The summed E-state index contributed by atoms with van der Waals surface area (Å²) in [6.07, 6.45) is 7.28. The molecule has 184 valence electrons. The van der Waals surface area contributed by atoms with E-state index in [1.54, 1.807) is 24.3 Å². The molecule has 1 aliphatic rings. The van der Waals surface area contributed by atoms with E-state index < -0.39 is 0 Å². The summed E-state index contributed by atoms with van der Waals surface area (Å²) >= 11 is 0. The van der Waals surface area contributed by atoms with Gasteiger partial charge in [0.2, 0.25) is 0 Å². The van der Waals surface area contributed by atoms with E-state index in [1.807, 2.05) is 77.2 Å². The monoisotopic (exact) mass is 490 g/mol. The van der Waals surface area contributed by atoms with Crippen molar-refractivity contribution in [1.82, 2.24) is 24.5 Å². The Morgan fingerprint density at radius 2 is 1.62 bits per heavy atom. The second-order valence-electron chi connectivity index (χ2n) is 9.10. The van der Waals surface area contributed by atoms with Crippen LogP contribution in [-0.4, -0.2) is 37.6 Å². The molecule has 0 unspecified atom stereocenters. The van der Waals surface area contributed by atoms with Crippen molar-refractivity contribution in [2.75, 3.05) is 12.0 Å². The number of methoxy groups -OCH3 is 1. The van der Waals surface area contributed by atoms with Crippen LogP contribution in [0.1, 0.15) is 16.8 Å². The molecule has 37 heavy (non-hydrogen) atoms. The molecule has 0 bridgehead atoms. The number of imidazole rings is 1. The molecule has 0 saturated heterocycles. The van der Waals surface area contributed by atoms with Gasteiger partial charge in [-0.05, 0) is 55.2 Å². The van der Waals surface area contributed by atoms with Gasteiger partial charge in [0.25, 0.3) is 5.91 Å². The highest BCUT2D eigenvalue weighted by atomic mass is 16.5. The van der Waals surface area contributed by atoms with Crippen molar-refractivity contribution in [3.8, 4) is 22.7 Å². The van der Waals surface area contributed by atoms with E-state index in [-0.39, 0.29) is 12.5 Å². The number of benzene rings is 3. The van der Waals surface area contributed by atoms with Gasteiger partial charge in [0, 0.05) is 11.8 Å². The smallest absolute Gasteiger partial charge is 0.253 e. The first-order valence-electron chi connectivity index (χ1n) is 12.2. The van der Waals surface area contributed by atoms with Crippen molar-refractivity contribution in [2.24, 2.45) is 0 Å². The number of amides is 1. The fraction of sp³-hybridized carbons (Fsp3) is 0.172. The third kappa shape index (κ3) is 4.27. The molecule has 0 saturated carbocycles. The molecule has 1 aliphatic heterocycles. The van der Waals surface area contributed by atoms with Crippen molar-refractivity contribution in [3.05, 3.63) is 102 Å². The normalized spacial score (nSPS) is 12.5. The van der Waals surface area contributed by atoms with Gasteiger partial charge in [-0.25, -0.2) is 9.67 Å². The average molecular weight is 491 g/mol. The van der Waals surface area contributed by atoms with Gasteiger partial charge in [0.15, 0.2) is 0 Å². The van der Waals surface area contributed by atoms with E-state index in [9.17, 15) is 4.79 Å². The lowest BCUT2D eigenvalue weighted by molar-refractivity contribution is -0.118. The van der Waals surface area contributed by atoms with Gasteiger partial charge in [-0.3, -0.25) is 9.69 Å². The van der Waals surface area contributed by atoms with Gasteiger partial charge in [0.1, 0.15) is 18.0 Å². The van der Waals surface area contributed by atoms with Crippen molar-refractivity contribution < 1.29 is 9.53 Å². The summed E-state index contributed by atoms with van der Waals surface area (Å²) in [5.74, 6) is 0.625. The SMILES string of the molecule is COc1cc(-c2cn(CC(=O)N3c4ccccc4CCc4ccccc43)nn2)ccc1-n1cnc(C)c1. The van der Waals surface area contributed by atoms with Crippen LogP contribution in [0.2, 0.25) is 0 Å². The number of ether oxygens (including phenoxy) is 1. The van der Waals surface area contributed by atoms with Crippen LogP contribution < -0.4 is 9.64 Å². The number of carbonyl (C=O) groups is 1. The molecule has 0 aliphatic carbocycles. The fourth-order valence-electron chi connectivity index (χ4n) is 4.87. The number of hydrogen-bond acceptors (Lipinski definition) is 5.